The molecule has 0 atom stereocenters. The van der Waals surface area contributed by atoms with Crippen LogP contribution >= 0.6 is 22.7 Å². The molecule has 1 amide bonds. The number of hydrogen-bond acceptors (Lipinski definition) is 7. The predicted molar refractivity (Wildman–Crippen MR) is 129 cm³/mol. The summed E-state index contributed by atoms with van der Waals surface area (Å²) in [6.45, 7) is 3.80. The van der Waals surface area contributed by atoms with Gasteiger partial charge < -0.3 is 15.0 Å². The third-order valence-electron chi connectivity index (χ3n) is 5.74. The lowest BCUT2D eigenvalue weighted by Crippen LogP contribution is -2.45. The molecule has 1 aromatic carbocycles. The zero-order valence-electron chi connectivity index (χ0n) is 18.1. The fraction of sp³-hybridized carbons (Fsp3) is 0.348. The van der Waals surface area contributed by atoms with Crippen molar-refractivity contribution in [2.75, 3.05) is 25.1 Å². The number of aromatic nitrogens is 3. The molecule has 4 heterocycles. The fourth-order valence-electron chi connectivity index (χ4n) is 4.03. The van der Waals surface area contributed by atoms with Gasteiger partial charge in [-0.2, -0.15) is 10.1 Å². The van der Waals surface area contributed by atoms with Gasteiger partial charge in [-0.3, -0.25) is 4.79 Å². The third-order valence-corrected chi connectivity index (χ3v) is 7.83. The second-order valence-electron chi connectivity index (χ2n) is 7.93. The summed E-state index contributed by atoms with van der Waals surface area (Å²) in [5.41, 5.74) is 2.84. The maximum atomic E-state index is 12.3. The monoisotopic (exact) mass is 467 g/mol. The molecular formula is C23H25N5O2S2. The van der Waals surface area contributed by atoms with Crippen LogP contribution in [0.3, 0.4) is 0 Å². The van der Waals surface area contributed by atoms with E-state index < -0.39 is 0 Å². The van der Waals surface area contributed by atoms with Gasteiger partial charge in [-0.1, -0.05) is 17.4 Å². The smallest absolute Gasteiger partial charge is 0.225 e. The Bertz CT molecular complexity index is 1210. The first-order valence-corrected chi connectivity index (χ1v) is 12.4. The highest BCUT2D eigenvalue weighted by molar-refractivity contribution is 7.22. The average Bonchev–Trinajstić information content (AvgIpc) is 3.53. The van der Waals surface area contributed by atoms with Gasteiger partial charge in [0.2, 0.25) is 5.91 Å². The van der Waals surface area contributed by atoms with Crippen molar-refractivity contribution in [2.45, 2.75) is 32.2 Å². The lowest BCUT2D eigenvalue weighted by molar-refractivity contribution is -0.121. The van der Waals surface area contributed by atoms with Gasteiger partial charge in [-0.05, 0) is 55.5 Å². The summed E-state index contributed by atoms with van der Waals surface area (Å²) in [6.07, 6.45) is 2.32. The van der Waals surface area contributed by atoms with E-state index in [9.17, 15) is 4.79 Å². The van der Waals surface area contributed by atoms with Crippen molar-refractivity contribution in [2.24, 2.45) is 0 Å². The van der Waals surface area contributed by atoms with Crippen molar-refractivity contribution in [3.63, 3.8) is 0 Å². The lowest BCUT2D eigenvalue weighted by atomic mass is 10.1. The van der Waals surface area contributed by atoms with Gasteiger partial charge in [0.15, 0.2) is 10.8 Å². The van der Waals surface area contributed by atoms with E-state index >= 15 is 0 Å². The standard InChI is InChI=1S/C23H25N5O2S2/c1-15-21-22(28(26-15)17-5-7-18(30-2)8-6-17)25-23(32-21)27-11-9-16(10-12-27)24-20(29)14-19-4-3-13-31-19/h3-8,13,16H,9-12,14H2,1-2H3,(H,24,29). The van der Waals surface area contributed by atoms with E-state index in [0.29, 0.717) is 6.42 Å². The lowest BCUT2D eigenvalue weighted by Gasteiger charge is -2.32. The molecule has 1 aliphatic rings. The largest absolute Gasteiger partial charge is 0.497 e. The molecule has 0 aliphatic carbocycles. The molecule has 0 bridgehead atoms. The molecule has 1 N–H and O–H groups in total. The highest BCUT2D eigenvalue weighted by atomic mass is 32.1. The Morgan fingerprint density at radius 2 is 2.00 bits per heavy atom. The van der Waals surface area contributed by atoms with Gasteiger partial charge in [-0.25, -0.2) is 4.68 Å². The molecule has 1 aliphatic heterocycles. The number of carbonyl (C=O) groups is 1. The predicted octanol–water partition coefficient (Wildman–Crippen LogP) is 4.19. The van der Waals surface area contributed by atoms with Gasteiger partial charge in [0.05, 0.1) is 29.6 Å². The van der Waals surface area contributed by atoms with E-state index in [-0.39, 0.29) is 11.9 Å². The summed E-state index contributed by atoms with van der Waals surface area (Å²) in [4.78, 5) is 20.7. The van der Waals surface area contributed by atoms with Crippen LogP contribution in [0, 0.1) is 6.92 Å². The second kappa shape index (κ2) is 8.91. The first-order valence-electron chi connectivity index (χ1n) is 10.7. The number of benzene rings is 1. The van der Waals surface area contributed by atoms with Crippen LogP contribution in [0.4, 0.5) is 5.13 Å². The van der Waals surface area contributed by atoms with Crippen LogP contribution in [0.2, 0.25) is 0 Å². The Morgan fingerprint density at radius 1 is 1.22 bits per heavy atom. The van der Waals surface area contributed by atoms with Gasteiger partial charge >= 0.3 is 0 Å². The van der Waals surface area contributed by atoms with E-state index in [1.165, 1.54) is 0 Å². The van der Waals surface area contributed by atoms with Crippen molar-refractivity contribution in [3.05, 3.63) is 52.3 Å². The topological polar surface area (TPSA) is 72.3 Å². The maximum absolute atomic E-state index is 12.3. The summed E-state index contributed by atoms with van der Waals surface area (Å²) >= 11 is 3.32. The second-order valence-corrected chi connectivity index (χ2v) is 9.94. The molecule has 32 heavy (non-hydrogen) atoms. The molecule has 0 spiro atoms. The Kier molecular flexibility index (Phi) is 5.84. The molecule has 4 aromatic rings. The highest BCUT2D eigenvalue weighted by Crippen LogP contribution is 2.34. The van der Waals surface area contributed by atoms with E-state index in [0.717, 1.165) is 63.4 Å². The molecule has 1 saturated heterocycles. The van der Waals surface area contributed by atoms with Crippen molar-refractivity contribution in [1.29, 1.82) is 0 Å². The van der Waals surface area contributed by atoms with Crippen LogP contribution < -0.4 is 15.0 Å². The molecule has 7 nitrogen and oxygen atoms in total. The molecule has 0 unspecified atom stereocenters. The number of carbonyl (C=O) groups excluding carboxylic acids is 1. The van der Waals surface area contributed by atoms with Crippen molar-refractivity contribution >= 4 is 44.1 Å². The van der Waals surface area contributed by atoms with Crippen molar-refractivity contribution in [3.8, 4) is 11.4 Å². The van der Waals surface area contributed by atoms with Crippen LogP contribution in [0.25, 0.3) is 16.0 Å². The minimum absolute atomic E-state index is 0.112. The van der Waals surface area contributed by atoms with Crippen LogP contribution in [-0.2, 0) is 11.2 Å². The zero-order chi connectivity index (χ0) is 22.1. The maximum Gasteiger partial charge on any atom is 0.225 e. The molecule has 166 valence electrons. The minimum Gasteiger partial charge on any atom is -0.497 e. The first kappa shape index (κ1) is 21.0. The Labute approximate surface area is 194 Å². The average molecular weight is 468 g/mol. The molecule has 5 rings (SSSR count). The Balaban J connectivity index is 1.26. The van der Waals surface area contributed by atoms with E-state index in [1.54, 1.807) is 29.8 Å². The summed E-state index contributed by atoms with van der Waals surface area (Å²) in [5.74, 6) is 0.930. The van der Waals surface area contributed by atoms with Crippen molar-refractivity contribution < 1.29 is 9.53 Å². The van der Waals surface area contributed by atoms with Gasteiger partial charge in [0.1, 0.15) is 5.75 Å². The number of hydrogen-bond donors (Lipinski definition) is 1. The first-order chi connectivity index (χ1) is 15.6. The Hall–Kier alpha value is -2.91. The summed E-state index contributed by atoms with van der Waals surface area (Å²) in [7, 11) is 1.66. The van der Waals surface area contributed by atoms with Gasteiger partial charge in [0, 0.05) is 24.0 Å². The number of fused-ring (bicyclic) bond motifs is 1. The number of aryl methyl sites for hydroxylation is 1. The summed E-state index contributed by atoms with van der Waals surface area (Å²) in [6, 6.07) is 12.1. The molecule has 3 aromatic heterocycles. The Morgan fingerprint density at radius 3 is 2.69 bits per heavy atom. The number of anilines is 1. The van der Waals surface area contributed by atoms with Crippen LogP contribution in [0.5, 0.6) is 5.75 Å². The SMILES string of the molecule is COc1ccc(-n2nc(C)c3sc(N4CCC(NC(=O)Cc5cccs5)CC4)nc32)cc1. The third kappa shape index (κ3) is 4.22. The summed E-state index contributed by atoms with van der Waals surface area (Å²) in [5, 5.41) is 10.9. The van der Waals surface area contributed by atoms with Crippen LogP contribution in [0.1, 0.15) is 23.4 Å². The van der Waals surface area contributed by atoms with Crippen LogP contribution in [0.15, 0.2) is 41.8 Å². The zero-order valence-corrected chi connectivity index (χ0v) is 19.7. The number of thiophene rings is 1. The minimum atomic E-state index is 0.112. The molecule has 1 fully saturated rings. The molecule has 0 saturated carbocycles. The van der Waals surface area contributed by atoms with E-state index in [1.807, 2.05) is 53.4 Å². The normalized spacial score (nSPS) is 14.8. The number of amides is 1. The molecular weight excluding hydrogens is 442 g/mol. The van der Waals surface area contributed by atoms with E-state index in [4.69, 9.17) is 14.8 Å². The van der Waals surface area contributed by atoms with Gasteiger partial charge in [0.25, 0.3) is 0 Å². The summed E-state index contributed by atoms with van der Waals surface area (Å²) < 4.78 is 8.28. The number of nitrogens with zero attached hydrogens (tertiary/aromatic N) is 4. The quantitative estimate of drug-likeness (QED) is 0.460. The number of rotatable bonds is 6. The van der Waals surface area contributed by atoms with E-state index in [2.05, 4.69) is 10.2 Å². The number of thiazole rings is 1. The number of methoxy groups -OCH3 is 1. The fourth-order valence-corrected chi connectivity index (χ4v) is 5.77. The van der Waals surface area contributed by atoms with Gasteiger partial charge in [-0.15, -0.1) is 11.3 Å². The molecule has 9 heteroatoms. The number of ether oxygens (including phenoxy) is 1. The van der Waals surface area contributed by atoms with Crippen LogP contribution in [-0.4, -0.2) is 46.9 Å². The number of nitrogens with one attached hydrogen (secondary N) is 1. The highest BCUT2D eigenvalue weighted by Gasteiger charge is 2.24. The molecule has 0 radical (unpaired) electrons. The number of piperidine rings is 1. The van der Waals surface area contributed by atoms with Crippen molar-refractivity contribution in [1.82, 2.24) is 20.1 Å².